The minimum absolute atomic E-state index is 0.255. The molecule has 0 spiro atoms. The van der Waals surface area contributed by atoms with E-state index in [0.717, 1.165) is 0 Å². The average molecular weight is 403 g/mol. The second kappa shape index (κ2) is 7.25. The van der Waals surface area contributed by atoms with Crippen LogP contribution in [0.4, 0.5) is 0 Å². The Hall–Kier alpha value is -2.51. The third-order valence-electron chi connectivity index (χ3n) is 4.26. The molecule has 0 radical (unpaired) electrons. The van der Waals surface area contributed by atoms with Crippen LogP contribution in [0.3, 0.4) is 0 Å². The molecule has 1 atom stereocenters. The smallest absolute Gasteiger partial charge is 0.319 e. The summed E-state index contributed by atoms with van der Waals surface area (Å²) in [6, 6.07) is 12.1. The van der Waals surface area contributed by atoms with Crippen LogP contribution in [-0.2, 0) is 9.53 Å². The van der Waals surface area contributed by atoms with Crippen molar-refractivity contribution in [3.63, 3.8) is 0 Å². The van der Waals surface area contributed by atoms with Crippen LogP contribution in [0, 0.1) is 0 Å². The van der Waals surface area contributed by atoms with E-state index in [0.29, 0.717) is 45.5 Å². The molecule has 8 heteroatoms. The van der Waals surface area contributed by atoms with Crippen LogP contribution in [0.25, 0.3) is 16.6 Å². The Morgan fingerprint density at radius 3 is 2.81 bits per heavy atom. The molecule has 6 nitrogen and oxygen atoms in total. The minimum atomic E-state index is -0.408. The minimum Gasteiger partial charge on any atom is -0.495 e. The largest absolute Gasteiger partial charge is 0.495 e. The number of hydrogen-bond donors (Lipinski definition) is 0. The number of hydrogen-bond acceptors (Lipinski definition) is 6. The van der Waals surface area contributed by atoms with E-state index < -0.39 is 5.25 Å². The van der Waals surface area contributed by atoms with Crippen LogP contribution in [0.5, 0.6) is 5.75 Å². The first-order valence-corrected chi connectivity index (χ1v) is 9.53. The number of carbonyl (C=O) groups is 1. The fourth-order valence-corrected chi connectivity index (χ4v) is 4.19. The Bertz CT molecular complexity index is 1100. The van der Waals surface area contributed by atoms with Gasteiger partial charge in [0.15, 0.2) is 5.16 Å². The van der Waals surface area contributed by atoms with E-state index in [1.165, 1.54) is 16.3 Å². The molecule has 27 heavy (non-hydrogen) atoms. The SMILES string of the molecule is COc1ccccc1-n1c(SC2CCOC2=O)nc2cc(Cl)ccc2c1=O. The summed E-state index contributed by atoms with van der Waals surface area (Å²) >= 11 is 7.29. The Labute approximate surface area is 164 Å². The van der Waals surface area contributed by atoms with Crippen LogP contribution in [0.1, 0.15) is 6.42 Å². The number of benzene rings is 2. The van der Waals surface area contributed by atoms with Crippen LogP contribution < -0.4 is 10.3 Å². The van der Waals surface area contributed by atoms with Crippen molar-refractivity contribution in [2.75, 3.05) is 13.7 Å². The van der Waals surface area contributed by atoms with Crippen LogP contribution >= 0.6 is 23.4 Å². The molecule has 1 aliphatic heterocycles. The Kier molecular flexibility index (Phi) is 4.80. The maximum Gasteiger partial charge on any atom is 0.319 e. The molecule has 1 aromatic heterocycles. The Morgan fingerprint density at radius 2 is 2.07 bits per heavy atom. The number of rotatable bonds is 4. The monoisotopic (exact) mass is 402 g/mol. The predicted octanol–water partition coefficient (Wildman–Crippen LogP) is 3.46. The predicted molar refractivity (Wildman–Crippen MR) is 104 cm³/mol. The molecule has 4 rings (SSSR count). The number of thioether (sulfide) groups is 1. The standard InChI is InChI=1S/C19H15ClN2O4S/c1-25-15-5-3-2-4-14(15)22-17(23)12-7-6-11(20)10-13(12)21-19(22)27-16-8-9-26-18(16)24/h2-7,10,16H,8-9H2,1H3. The molecule has 0 N–H and O–H groups in total. The normalized spacial score (nSPS) is 16.5. The lowest BCUT2D eigenvalue weighted by Crippen LogP contribution is -2.23. The second-order valence-electron chi connectivity index (χ2n) is 5.93. The highest BCUT2D eigenvalue weighted by Crippen LogP contribution is 2.32. The summed E-state index contributed by atoms with van der Waals surface area (Å²) in [5.41, 5.74) is 0.783. The molecule has 0 amide bonds. The van der Waals surface area contributed by atoms with E-state index in [2.05, 4.69) is 4.98 Å². The summed E-state index contributed by atoms with van der Waals surface area (Å²) in [5, 5.41) is 0.905. The van der Waals surface area contributed by atoms with Crippen molar-refractivity contribution in [3.8, 4) is 11.4 Å². The topological polar surface area (TPSA) is 70.4 Å². The number of aromatic nitrogens is 2. The average Bonchev–Trinajstić information content (AvgIpc) is 3.06. The molecule has 0 aliphatic carbocycles. The number of carbonyl (C=O) groups excluding carboxylic acids is 1. The van der Waals surface area contributed by atoms with Gasteiger partial charge in [-0.15, -0.1) is 0 Å². The zero-order valence-corrected chi connectivity index (χ0v) is 15.9. The zero-order valence-electron chi connectivity index (χ0n) is 14.3. The van der Waals surface area contributed by atoms with Gasteiger partial charge in [-0.3, -0.25) is 14.2 Å². The molecule has 0 bridgehead atoms. The van der Waals surface area contributed by atoms with Gasteiger partial charge in [0.25, 0.3) is 5.56 Å². The number of ether oxygens (including phenoxy) is 2. The van der Waals surface area contributed by atoms with Crippen molar-refractivity contribution in [1.82, 2.24) is 9.55 Å². The van der Waals surface area contributed by atoms with Crippen molar-refractivity contribution in [1.29, 1.82) is 0 Å². The number of fused-ring (bicyclic) bond motifs is 1. The second-order valence-corrected chi connectivity index (χ2v) is 7.54. The summed E-state index contributed by atoms with van der Waals surface area (Å²) in [6.45, 7) is 0.370. The van der Waals surface area contributed by atoms with Gasteiger partial charge in [0.1, 0.15) is 11.0 Å². The zero-order chi connectivity index (χ0) is 19.0. The van der Waals surface area contributed by atoms with E-state index in [1.807, 2.05) is 12.1 Å². The first-order valence-electron chi connectivity index (χ1n) is 8.27. The Balaban J connectivity index is 1.98. The molecule has 0 saturated carbocycles. The maximum absolute atomic E-state index is 13.3. The quantitative estimate of drug-likeness (QED) is 0.491. The van der Waals surface area contributed by atoms with Crippen molar-refractivity contribution >= 4 is 40.2 Å². The van der Waals surface area contributed by atoms with Crippen LogP contribution in [-0.4, -0.2) is 34.5 Å². The molecular weight excluding hydrogens is 388 g/mol. The van der Waals surface area contributed by atoms with Crippen molar-refractivity contribution in [3.05, 3.63) is 57.8 Å². The number of cyclic esters (lactones) is 1. The van der Waals surface area contributed by atoms with Crippen molar-refractivity contribution in [2.45, 2.75) is 16.8 Å². The number of halogens is 1. The molecular formula is C19H15ClN2O4S. The van der Waals surface area contributed by atoms with Gasteiger partial charge >= 0.3 is 5.97 Å². The lowest BCUT2D eigenvalue weighted by Gasteiger charge is -2.16. The van der Waals surface area contributed by atoms with E-state index in [9.17, 15) is 9.59 Å². The van der Waals surface area contributed by atoms with E-state index in [4.69, 9.17) is 21.1 Å². The molecule has 1 fully saturated rings. The fraction of sp³-hybridized carbons (Fsp3) is 0.211. The number of para-hydroxylation sites is 2. The van der Waals surface area contributed by atoms with Gasteiger partial charge in [-0.25, -0.2) is 4.98 Å². The molecule has 1 saturated heterocycles. The van der Waals surface area contributed by atoms with Crippen molar-refractivity contribution < 1.29 is 14.3 Å². The van der Waals surface area contributed by atoms with Gasteiger partial charge in [0.2, 0.25) is 0 Å². The van der Waals surface area contributed by atoms with E-state index >= 15 is 0 Å². The summed E-state index contributed by atoms with van der Waals surface area (Å²) in [5.74, 6) is 0.234. The summed E-state index contributed by atoms with van der Waals surface area (Å²) in [7, 11) is 1.54. The van der Waals surface area contributed by atoms with Crippen LogP contribution in [0.15, 0.2) is 52.4 Å². The van der Waals surface area contributed by atoms with Gasteiger partial charge < -0.3 is 9.47 Å². The third kappa shape index (κ3) is 3.28. The molecule has 138 valence electrons. The third-order valence-corrected chi connectivity index (χ3v) is 5.69. The molecule has 1 aliphatic rings. The van der Waals surface area contributed by atoms with Crippen molar-refractivity contribution in [2.24, 2.45) is 0 Å². The lowest BCUT2D eigenvalue weighted by atomic mass is 10.2. The molecule has 3 aromatic rings. The maximum atomic E-state index is 13.3. The highest BCUT2D eigenvalue weighted by Gasteiger charge is 2.30. The van der Waals surface area contributed by atoms with Crippen LogP contribution in [0.2, 0.25) is 5.02 Å². The highest BCUT2D eigenvalue weighted by molar-refractivity contribution is 8.00. The first kappa shape index (κ1) is 17.9. The Morgan fingerprint density at radius 1 is 1.26 bits per heavy atom. The lowest BCUT2D eigenvalue weighted by molar-refractivity contribution is -0.137. The van der Waals surface area contributed by atoms with Gasteiger partial charge in [0.05, 0.1) is 30.3 Å². The summed E-state index contributed by atoms with van der Waals surface area (Å²) < 4.78 is 11.9. The number of methoxy groups -OCH3 is 1. The number of nitrogens with zero attached hydrogens (tertiary/aromatic N) is 2. The fourth-order valence-electron chi connectivity index (χ4n) is 2.96. The molecule has 1 unspecified atom stereocenters. The first-order chi connectivity index (χ1) is 13.1. The van der Waals surface area contributed by atoms with Gasteiger partial charge in [-0.1, -0.05) is 35.5 Å². The molecule has 2 aromatic carbocycles. The van der Waals surface area contributed by atoms with E-state index in [-0.39, 0.29) is 11.5 Å². The van der Waals surface area contributed by atoms with Gasteiger partial charge in [-0.2, -0.15) is 0 Å². The summed E-state index contributed by atoms with van der Waals surface area (Å²) in [6.07, 6.45) is 0.568. The van der Waals surface area contributed by atoms with Gasteiger partial charge in [-0.05, 0) is 30.3 Å². The number of esters is 1. The summed E-state index contributed by atoms with van der Waals surface area (Å²) in [4.78, 5) is 29.9. The van der Waals surface area contributed by atoms with E-state index in [1.54, 1.807) is 37.4 Å². The van der Waals surface area contributed by atoms with Gasteiger partial charge in [0, 0.05) is 11.4 Å². The highest BCUT2D eigenvalue weighted by atomic mass is 35.5. The molecule has 2 heterocycles.